The summed E-state index contributed by atoms with van der Waals surface area (Å²) in [5.74, 6) is 0.800. The Morgan fingerprint density at radius 2 is 2.11 bits per heavy atom. The monoisotopic (exact) mass is 268 g/mol. The van der Waals surface area contributed by atoms with Crippen LogP contribution < -0.4 is 10.2 Å². The predicted octanol–water partition coefficient (Wildman–Crippen LogP) is 3.16. The lowest BCUT2D eigenvalue weighted by molar-refractivity contribution is 0.381. The lowest BCUT2D eigenvalue weighted by atomic mass is 9.98. The Morgan fingerprint density at radius 1 is 1.33 bits per heavy atom. The molecule has 1 fully saturated rings. The second kappa shape index (κ2) is 7.01. The largest absolute Gasteiger partial charge is 0.374 e. The van der Waals surface area contributed by atoms with Crippen molar-refractivity contribution in [2.45, 2.75) is 26.7 Å². The van der Waals surface area contributed by atoms with E-state index in [0.29, 0.717) is 0 Å². The van der Waals surface area contributed by atoms with Gasteiger partial charge in [-0.2, -0.15) is 0 Å². The molecule has 0 bridgehead atoms. The number of hydrogen-bond acceptors (Lipinski definition) is 2. The van der Waals surface area contributed by atoms with E-state index < -0.39 is 0 Å². The quantitative estimate of drug-likeness (QED) is 0.906. The highest BCUT2D eigenvalue weighted by atomic mass is 35.5. The summed E-state index contributed by atoms with van der Waals surface area (Å²) in [5, 5.41) is 3.49. The number of halogens is 1. The van der Waals surface area contributed by atoms with Crippen LogP contribution in [0.4, 0.5) is 5.69 Å². The Balaban J connectivity index is 0.00000162. The third kappa shape index (κ3) is 3.89. The summed E-state index contributed by atoms with van der Waals surface area (Å²) in [4.78, 5) is 2.42. The molecule has 1 saturated heterocycles. The molecule has 0 spiro atoms. The van der Waals surface area contributed by atoms with Gasteiger partial charge in [-0.15, -0.1) is 12.4 Å². The minimum absolute atomic E-state index is 0. The third-order valence-corrected chi connectivity index (χ3v) is 3.71. The van der Waals surface area contributed by atoms with Crippen molar-refractivity contribution in [1.82, 2.24) is 5.32 Å². The zero-order chi connectivity index (χ0) is 12.3. The van der Waals surface area contributed by atoms with E-state index in [9.17, 15) is 0 Å². The molecule has 1 aromatic carbocycles. The summed E-state index contributed by atoms with van der Waals surface area (Å²) in [6.07, 6.45) is 2.69. The van der Waals surface area contributed by atoms with E-state index in [1.165, 1.54) is 42.7 Å². The Hall–Kier alpha value is -0.730. The van der Waals surface area contributed by atoms with E-state index >= 15 is 0 Å². The number of benzene rings is 1. The number of hydrogen-bond donors (Lipinski definition) is 1. The van der Waals surface area contributed by atoms with Crippen molar-refractivity contribution in [3.63, 3.8) is 0 Å². The number of aryl methyl sites for hydroxylation is 2. The zero-order valence-electron chi connectivity index (χ0n) is 11.7. The molecule has 1 N–H and O–H groups in total. The molecule has 1 aromatic rings. The van der Waals surface area contributed by atoms with Crippen molar-refractivity contribution in [2.24, 2.45) is 5.92 Å². The van der Waals surface area contributed by atoms with Gasteiger partial charge in [0.2, 0.25) is 0 Å². The highest BCUT2D eigenvalue weighted by Gasteiger charge is 2.16. The third-order valence-electron chi connectivity index (χ3n) is 3.71. The van der Waals surface area contributed by atoms with Crippen LogP contribution >= 0.6 is 12.4 Å². The molecule has 3 heteroatoms. The molecule has 0 amide bonds. The maximum atomic E-state index is 3.49. The van der Waals surface area contributed by atoms with Crippen molar-refractivity contribution in [3.05, 3.63) is 29.3 Å². The topological polar surface area (TPSA) is 15.3 Å². The van der Waals surface area contributed by atoms with Crippen LogP contribution in [0.15, 0.2) is 18.2 Å². The van der Waals surface area contributed by atoms with Gasteiger partial charge in [0, 0.05) is 19.3 Å². The maximum absolute atomic E-state index is 3.49. The molecule has 0 aromatic heterocycles. The minimum atomic E-state index is 0. The molecule has 102 valence electrons. The molecule has 18 heavy (non-hydrogen) atoms. The van der Waals surface area contributed by atoms with Crippen LogP contribution in [0.25, 0.3) is 0 Å². The Labute approximate surface area is 117 Å². The molecule has 1 atom stereocenters. The zero-order valence-corrected chi connectivity index (χ0v) is 12.5. The first-order valence-electron chi connectivity index (χ1n) is 6.66. The Bertz CT molecular complexity index is 373. The van der Waals surface area contributed by atoms with Crippen LogP contribution in [0.3, 0.4) is 0 Å². The molecular formula is C15H25ClN2. The number of nitrogens with one attached hydrogen (secondary N) is 1. The van der Waals surface area contributed by atoms with Gasteiger partial charge in [-0.1, -0.05) is 12.1 Å². The summed E-state index contributed by atoms with van der Waals surface area (Å²) < 4.78 is 0. The summed E-state index contributed by atoms with van der Waals surface area (Å²) in [6.45, 7) is 7.90. The van der Waals surface area contributed by atoms with Gasteiger partial charge in [0.1, 0.15) is 0 Å². The van der Waals surface area contributed by atoms with Crippen LogP contribution in [0.1, 0.15) is 24.0 Å². The van der Waals surface area contributed by atoms with Crippen molar-refractivity contribution in [2.75, 3.05) is 31.6 Å². The molecule has 0 radical (unpaired) electrons. The second-order valence-corrected chi connectivity index (χ2v) is 5.38. The van der Waals surface area contributed by atoms with Gasteiger partial charge in [0.05, 0.1) is 0 Å². The Kier molecular flexibility index (Phi) is 5.97. The van der Waals surface area contributed by atoms with Gasteiger partial charge in [0.15, 0.2) is 0 Å². The SMILES string of the molecule is Cc1ccc(C)c(N(C)CC2CCCNC2)c1.Cl. The van der Waals surface area contributed by atoms with Gasteiger partial charge in [-0.3, -0.25) is 0 Å². The maximum Gasteiger partial charge on any atom is 0.0396 e. The lowest BCUT2D eigenvalue weighted by Crippen LogP contribution is -2.37. The molecule has 1 aliphatic rings. The molecular weight excluding hydrogens is 244 g/mol. The van der Waals surface area contributed by atoms with E-state index in [4.69, 9.17) is 0 Å². The van der Waals surface area contributed by atoms with Gasteiger partial charge in [0.25, 0.3) is 0 Å². The number of anilines is 1. The van der Waals surface area contributed by atoms with Crippen LogP contribution in [0.5, 0.6) is 0 Å². The first-order chi connectivity index (χ1) is 8.16. The van der Waals surface area contributed by atoms with Crippen LogP contribution in [0.2, 0.25) is 0 Å². The number of piperidine rings is 1. The fourth-order valence-electron chi connectivity index (χ4n) is 2.70. The standard InChI is InChI=1S/C15H24N2.ClH/c1-12-6-7-13(2)15(9-12)17(3)11-14-5-4-8-16-10-14;/h6-7,9,14,16H,4-5,8,10-11H2,1-3H3;1H. The highest BCUT2D eigenvalue weighted by Crippen LogP contribution is 2.22. The molecule has 0 aliphatic carbocycles. The van der Waals surface area contributed by atoms with E-state index in [1.54, 1.807) is 0 Å². The molecule has 2 rings (SSSR count). The van der Waals surface area contributed by atoms with Crippen molar-refractivity contribution < 1.29 is 0 Å². The van der Waals surface area contributed by atoms with E-state index in [-0.39, 0.29) is 12.4 Å². The predicted molar refractivity (Wildman–Crippen MR) is 82.0 cm³/mol. The second-order valence-electron chi connectivity index (χ2n) is 5.38. The lowest BCUT2D eigenvalue weighted by Gasteiger charge is -2.30. The molecule has 1 heterocycles. The molecule has 2 nitrogen and oxygen atoms in total. The van der Waals surface area contributed by atoms with Crippen LogP contribution in [-0.2, 0) is 0 Å². The van der Waals surface area contributed by atoms with Crippen molar-refractivity contribution in [3.8, 4) is 0 Å². The van der Waals surface area contributed by atoms with Crippen LogP contribution in [-0.4, -0.2) is 26.7 Å². The number of nitrogens with zero attached hydrogens (tertiary/aromatic N) is 1. The first kappa shape index (κ1) is 15.3. The van der Waals surface area contributed by atoms with Gasteiger partial charge in [-0.25, -0.2) is 0 Å². The van der Waals surface area contributed by atoms with Gasteiger partial charge < -0.3 is 10.2 Å². The molecule has 0 saturated carbocycles. The summed E-state index contributed by atoms with van der Waals surface area (Å²) in [7, 11) is 2.22. The fourth-order valence-corrected chi connectivity index (χ4v) is 2.70. The Morgan fingerprint density at radius 3 is 2.78 bits per heavy atom. The van der Waals surface area contributed by atoms with Gasteiger partial charge >= 0.3 is 0 Å². The average Bonchev–Trinajstić information content (AvgIpc) is 2.33. The van der Waals surface area contributed by atoms with Crippen molar-refractivity contribution >= 4 is 18.1 Å². The molecule has 1 aliphatic heterocycles. The van der Waals surface area contributed by atoms with Crippen LogP contribution in [0, 0.1) is 19.8 Å². The van der Waals surface area contributed by atoms with Crippen molar-refractivity contribution in [1.29, 1.82) is 0 Å². The van der Waals surface area contributed by atoms with E-state index in [2.05, 4.69) is 49.3 Å². The van der Waals surface area contributed by atoms with E-state index in [0.717, 1.165) is 12.5 Å². The summed E-state index contributed by atoms with van der Waals surface area (Å²) in [6, 6.07) is 6.71. The summed E-state index contributed by atoms with van der Waals surface area (Å²) >= 11 is 0. The first-order valence-corrected chi connectivity index (χ1v) is 6.66. The summed E-state index contributed by atoms with van der Waals surface area (Å²) in [5.41, 5.74) is 4.11. The minimum Gasteiger partial charge on any atom is -0.374 e. The van der Waals surface area contributed by atoms with E-state index in [1.807, 2.05) is 0 Å². The number of rotatable bonds is 3. The normalized spacial score (nSPS) is 19.2. The van der Waals surface area contributed by atoms with Gasteiger partial charge in [-0.05, 0) is 62.9 Å². The molecule has 1 unspecified atom stereocenters. The average molecular weight is 269 g/mol. The fraction of sp³-hybridized carbons (Fsp3) is 0.600. The highest BCUT2D eigenvalue weighted by molar-refractivity contribution is 5.85. The smallest absolute Gasteiger partial charge is 0.0396 e.